The summed E-state index contributed by atoms with van der Waals surface area (Å²) in [7, 11) is 1.80. The molecule has 0 bridgehead atoms. The Morgan fingerprint density at radius 2 is 1.59 bits per heavy atom. The molecule has 0 spiro atoms. The summed E-state index contributed by atoms with van der Waals surface area (Å²) in [4.78, 5) is 23.3. The molecule has 4 nitrogen and oxygen atoms in total. The second-order valence-electron chi connectivity index (χ2n) is 4.38. The second-order valence-corrected chi connectivity index (χ2v) is 5.52. The molecule has 0 saturated heterocycles. The van der Waals surface area contributed by atoms with E-state index >= 15 is 0 Å². The third-order valence-electron chi connectivity index (χ3n) is 3.03. The first-order chi connectivity index (χ1) is 10.5. The molecule has 1 aliphatic carbocycles. The summed E-state index contributed by atoms with van der Waals surface area (Å²) in [5, 5.41) is 2.05. The Balaban J connectivity index is 0.000000396. The zero-order valence-corrected chi connectivity index (χ0v) is 12.8. The van der Waals surface area contributed by atoms with Crippen LogP contribution in [-0.2, 0) is 19.9 Å². The summed E-state index contributed by atoms with van der Waals surface area (Å²) in [6.07, 6.45) is 4.04. The lowest BCUT2D eigenvalue weighted by molar-refractivity contribution is -0.113. The number of rotatable bonds is 1. The molecule has 0 heterocycles. The van der Waals surface area contributed by atoms with Crippen LogP contribution in [0.15, 0.2) is 60.7 Å². The maximum Gasteiger partial charge on any atom is 0.186 e. The molecule has 3 rings (SSSR count). The first kappa shape index (κ1) is 16.3. The molecule has 112 valence electrons. The van der Waals surface area contributed by atoms with Crippen LogP contribution in [0, 0.1) is 0 Å². The molecule has 0 radical (unpaired) electrons. The molecule has 6 heteroatoms. The van der Waals surface area contributed by atoms with Crippen molar-refractivity contribution in [3.05, 3.63) is 66.3 Å². The number of benzene rings is 2. The van der Waals surface area contributed by atoms with Crippen LogP contribution in [0.1, 0.15) is 5.56 Å². The Morgan fingerprint density at radius 3 is 2.32 bits per heavy atom. The molecule has 0 amide bonds. The van der Waals surface area contributed by atoms with Gasteiger partial charge < -0.3 is 4.55 Å². The van der Waals surface area contributed by atoms with Crippen molar-refractivity contribution < 1.29 is 18.4 Å². The highest BCUT2D eigenvalue weighted by molar-refractivity contribution is 8.03. The minimum Gasteiger partial charge on any atom is -0.760 e. The van der Waals surface area contributed by atoms with Crippen molar-refractivity contribution in [2.24, 2.45) is 0 Å². The fraction of sp³-hybridized carbons (Fsp3) is 0. The SMILES string of the molecule is O=C1C=CC(=O)C(c2cccc3ccccc23)=C1.O=S([O-])Cl. The average molecular weight is 334 g/mol. The van der Waals surface area contributed by atoms with Gasteiger partial charge in [-0.1, -0.05) is 42.5 Å². The number of halogens is 1. The van der Waals surface area contributed by atoms with Crippen LogP contribution in [-0.4, -0.2) is 20.3 Å². The maximum absolute atomic E-state index is 11.9. The van der Waals surface area contributed by atoms with Gasteiger partial charge in [0.2, 0.25) is 0 Å². The average Bonchev–Trinajstić information content (AvgIpc) is 2.49. The quantitative estimate of drug-likeness (QED) is 0.457. The molecule has 0 N–H and O–H groups in total. The third kappa shape index (κ3) is 3.98. The van der Waals surface area contributed by atoms with Crippen molar-refractivity contribution in [2.45, 2.75) is 0 Å². The Bertz CT molecular complexity index is 815. The molecular formula is C16H10ClO4S-. The monoisotopic (exact) mass is 333 g/mol. The van der Waals surface area contributed by atoms with Gasteiger partial charge in [0.05, 0.1) is 0 Å². The minimum atomic E-state index is -2.39. The van der Waals surface area contributed by atoms with Crippen molar-refractivity contribution in [3.63, 3.8) is 0 Å². The number of fused-ring (bicyclic) bond motifs is 1. The third-order valence-corrected chi connectivity index (χ3v) is 3.03. The molecule has 0 aromatic heterocycles. The topological polar surface area (TPSA) is 74.3 Å². The Hall–Kier alpha value is -2.08. The van der Waals surface area contributed by atoms with Crippen LogP contribution in [0.4, 0.5) is 0 Å². The number of carbonyl (C=O) groups is 2. The fourth-order valence-corrected chi connectivity index (χ4v) is 2.18. The van der Waals surface area contributed by atoms with E-state index in [1.807, 2.05) is 42.5 Å². The highest BCUT2D eigenvalue weighted by atomic mass is 35.7. The van der Waals surface area contributed by atoms with Gasteiger partial charge in [0.15, 0.2) is 11.6 Å². The van der Waals surface area contributed by atoms with Crippen LogP contribution in [0.3, 0.4) is 0 Å². The second kappa shape index (κ2) is 7.26. The van der Waals surface area contributed by atoms with Crippen molar-refractivity contribution >= 4 is 48.9 Å². The lowest BCUT2D eigenvalue weighted by Gasteiger charge is -2.10. The Kier molecular flexibility index (Phi) is 5.38. The van der Waals surface area contributed by atoms with E-state index in [4.69, 9.17) is 8.76 Å². The number of ketones is 2. The zero-order valence-electron chi connectivity index (χ0n) is 11.2. The van der Waals surface area contributed by atoms with E-state index in [9.17, 15) is 9.59 Å². The summed E-state index contributed by atoms with van der Waals surface area (Å²) in [6.45, 7) is 0. The van der Waals surface area contributed by atoms with Crippen molar-refractivity contribution in [2.75, 3.05) is 0 Å². The van der Waals surface area contributed by atoms with E-state index in [0.717, 1.165) is 16.3 Å². The molecule has 1 atom stereocenters. The minimum absolute atomic E-state index is 0.119. The van der Waals surface area contributed by atoms with E-state index in [2.05, 4.69) is 10.7 Å². The van der Waals surface area contributed by atoms with Crippen molar-refractivity contribution in [3.8, 4) is 0 Å². The molecule has 22 heavy (non-hydrogen) atoms. The fourth-order valence-electron chi connectivity index (χ4n) is 2.18. The van der Waals surface area contributed by atoms with Crippen LogP contribution in [0.2, 0.25) is 0 Å². The predicted octanol–water partition coefficient (Wildman–Crippen LogP) is 2.95. The number of allylic oxidation sites excluding steroid dienone is 4. The Morgan fingerprint density at radius 1 is 0.955 bits per heavy atom. The van der Waals surface area contributed by atoms with E-state index in [-0.39, 0.29) is 11.6 Å². The van der Waals surface area contributed by atoms with Gasteiger partial charge in [0, 0.05) is 15.9 Å². The van der Waals surface area contributed by atoms with Gasteiger partial charge in [-0.05, 0) is 45.2 Å². The van der Waals surface area contributed by atoms with Crippen LogP contribution in [0.5, 0.6) is 0 Å². The highest BCUT2D eigenvalue weighted by Crippen LogP contribution is 2.27. The lowest BCUT2D eigenvalue weighted by Crippen LogP contribution is -2.06. The highest BCUT2D eigenvalue weighted by Gasteiger charge is 2.16. The van der Waals surface area contributed by atoms with Gasteiger partial charge in [-0.2, -0.15) is 0 Å². The van der Waals surface area contributed by atoms with Crippen molar-refractivity contribution in [1.82, 2.24) is 0 Å². The van der Waals surface area contributed by atoms with Crippen LogP contribution < -0.4 is 0 Å². The maximum atomic E-state index is 11.9. The molecule has 0 fully saturated rings. The summed E-state index contributed by atoms with van der Waals surface area (Å²) < 4.78 is 17.5. The van der Waals surface area contributed by atoms with E-state index < -0.39 is 10.3 Å². The Labute approximate surface area is 133 Å². The van der Waals surface area contributed by atoms with Crippen LogP contribution in [0.25, 0.3) is 16.3 Å². The van der Waals surface area contributed by atoms with Gasteiger partial charge in [0.25, 0.3) is 0 Å². The van der Waals surface area contributed by atoms with Gasteiger partial charge >= 0.3 is 0 Å². The molecule has 0 saturated carbocycles. The standard InChI is InChI=1S/C16H10O2.ClHO2S/c17-12-8-9-16(18)15(10-12)14-7-3-5-11-4-1-2-6-13(11)14;1-4(2)3/h1-10H;(H,2,3)/p-1. The first-order valence-electron chi connectivity index (χ1n) is 6.21. The molecule has 2 aromatic carbocycles. The lowest BCUT2D eigenvalue weighted by atomic mass is 9.92. The van der Waals surface area contributed by atoms with Crippen molar-refractivity contribution in [1.29, 1.82) is 0 Å². The largest absolute Gasteiger partial charge is 0.760 e. The van der Waals surface area contributed by atoms with Crippen LogP contribution >= 0.6 is 10.7 Å². The summed E-state index contributed by atoms with van der Waals surface area (Å²) in [5.74, 6) is -0.261. The zero-order chi connectivity index (χ0) is 16.1. The van der Waals surface area contributed by atoms with Gasteiger partial charge in [-0.25, -0.2) is 0 Å². The molecule has 0 aliphatic heterocycles. The first-order valence-corrected chi connectivity index (χ1v) is 8.11. The number of carbonyl (C=O) groups excluding carboxylic acids is 2. The number of hydrogen-bond donors (Lipinski definition) is 0. The van der Waals surface area contributed by atoms with E-state index in [0.29, 0.717) is 5.57 Å². The molecule has 1 unspecified atom stereocenters. The van der Waals surface area contributed by atoms with E-state index in [1.165, 1.54) is 18.2 Å². The van der Waals surface area contributed by atoms with Gasteiger partial charge in [-0.3, -0.25) is 13.8 Å². The number of hydrogen-bond acceptors (Lipinski definition) is 4. The molecule has 2 aromatic rings. The smallest absolute Gasteiger partial charge is 0.186 e. The van der Waals surface area contributed by atoms with E-state index in [1.54, 1.807) is 0 Å². The molecule has 1 aliphatic rings. The predicted molar refractivity (Wildman–Crippen MR) is 85.9 cm³/mol. The summed E-state index contributed by atoms with van der Waals surface area (Å²) in [6, 6.07) is 13.6. The van der Waals surface area contributed by atoms with Gasteiger partial charge in [-0.15, -0.1) is 0 Å². The van der Waals surface area contributed by atoms with Gasteiger partial charge in [0.1, 0.15) is 0 Å². The molecular weight excluding hydrogens is 324 g/mol. The normalized spacial score (nSPS) is 15.1. The summed E-state index contributed by atoms with van der Waals surface area (Å²) >= 11 is 0. The summed E-state index contributed by atoms with van der Waals surface area (Å²) in [5.41, 5.74) is 1.29.